The zero-order valence-electron chi connectivity index (χ0n) is 9.03. The van der Waals surface area contributed by atoms with Crippen molar-refractivity contribution in [2.45, 2.75) is 17.8 Å². The predicted octanol–water partition coefficient (Wildman–Crippen LogP) is 2.01. The molecular formula is C12H17ClNO. The number of morpholine rings is 1. The zero-order valence-corrected chi connectivity index (χ0v) is 9.78. The highest BCUT2D eigenvalue weighted by molar-refractivity contribution is 6.27. The maximum absolute atomic E-state index is 6.58. The Balaban J connectivity index is 2.02. The van der Waals surface area contributed by atoms with Crippen molar-refractivity contribution in [3.8, 4) is 0 Å². The summed E-state index contributed by atoms with van der Waals surface area (Å²) in [5, 5.41) is 0. The van der Waals surface area contributed by atoms with Gasteiger partial charge >= 0.3 is 0 Å². The fraction of sp³-hybridized carbons (Fsp3) is 0.583. The second kappa shape index (κ2) is 4.69. The summed E-state index contributed by atoms with van der Waals surface area (Å²) in [5.41, 5.74) is 0. The van der Waals surface area contributed by atoms with Crippen LogP contribution in [0.15, 0.2) is 24.3 Å². The molecule has 0 N–H and O–H groups in total. The summed E-state index contributed by atoms with van der Waals surface area (Å²) in [7, 11) is 0. The molecule has 2 atom stereocenters. The summed E-state index contributed by atoms with van der Waals surface area (Å²) in [5.74, 6) is 0. The van der Waals surface area contributed by atoms with Crippen LogP contribution in [0.4, 0.5) is 0 Å². The fourth-order valence-electron chi connectivity index (χ4n) is 2.05. The molecule has 0 aromatic rings. The van der Waals surface area contributed by atoms with Crippen LogP contribution >= 0.6 is 11.6 Å². The van der Waals surface area contributed by atoms with Crippen molar-refractivity contribution in [1.29, 1.82) is 0 Å². The summed E-state index contributed by atoms with van der Waals surface area (Å²) in [6.45, 7) is 5.76. The van der Waals surface area contributed by atoms with Crippen LogP contribution in [0.1, 0.15) is 6.92 Å². The fourth-order valence-corrected chi connectivity index (χ4v) is 2.33. The Hall–Kier alpha value is -0.310. The van der Waals surface area contributed by atoms with Gasteiger partial charge in [0.15, 0.2) is 0 Å². The minimum Gasteiger partial charge on any atom is -0.379 e. The van der Waals surface area contributed by atoms with Gasteiger partial charge in [0, 0.05) is 25.6 Å². The van der Waals surface area contributed by atoms with Crippen molar-refractivity contribution < 1.29 is 4.74 Å². The van der Waals surface area contributed by atoms with E-state index in [0.717, 1.165) is 26.3 Å². The smallest absolute Gasteiger partial charge is 0.0849 e. The van der Waals surface area contributed by atoms with E-state index in [4.69, 9.17) is 16.3 Å². The van der Waals surface area contributed by atoms with Crippen LogP contribution in [0, 0.1) is 6.42 Å². The third kappa shape index (κ3) is 2.44. The number of allylic oxidation sites excluding steroid dienone is 3. The Labute approximate surface area is 96.5 Å². The van der Waals surface area contributed by atoms with Crippen molar-refractivity contribution in [1.82, 2.24) is 4.90 Å². The van der Waals surface area contributed by atoms with E-state index < -0.39 is 0 Å². The average molecular weight is 227 g/mol. The summed E-state index contributed by atoms with van der Waals surface area (Å²) >= 11 is 6.58. The van der Waals surface area contributed by atoms with Crippen LogP contribution in [-0.2, 0) is 4.74 Å². The number of hydrogen-bond donors (Lipinski definition) is 0. The first-order valence-electron chi connectivity index (χ1n) is 5.43. The third-order valence-electron chi connectivity index (χ3n) is 3.16. The lowest BCUT2D eigenvalue weighted by molar-refractivity contribution is 0.0169. The second-order valence-electron chi connectivity index (χ2n) is 4.06. The first kappa shape index (κ1) is 11.2. The van der Waals surface area contributed by atoms with Gasteiger partial charge in [0.25, 0.3) is 0 Å². The van der Waals surface area contributed by atoms with Gasteiger partial charge in [0.05, 0.1) is 18.1 Å². The van der Waals surface area contributed by atoms with Gasteiger partial charge in [0.2, 0.25) is 0 Å². The van der Waals surface area contributed by atoms with Crippen LogP contribution in [0.5, 0.6) is 0 Å². The molecule has 1 saturated heterocycles. The van der Waals surface area contributed by atoms with Gasteiger partial charge in [-0.2, -0.15) is 0 Å². The Morgan fingerprint density at radius 1 is 1.27 bits per heavy atom. The molecule has 83 valence electrons. The number of hydrogen-bond acceptors (Lipinski definition) is 2. The molecule has 1 fully saturated rings. The molecule has 0 aromatic heterocycles. The lowest BCUT2D eigenvalue weighted by atomic mass is 9.91. The highest BCUT2D eigenvalue weighted by atomic mass is 35.5. The van der Waals surface area contributed by atoms with Crippen LogP contribution in [-0.4, -0.2) is 42.1 Å². The zero-order chi connectivity index (χ0) is 10.7. The van der Waals surface area contributed by atoms with Crippen molar-refractivity contribution in [3.63, 3.8) is 0 Å². The SMILES string of the molecule is CC(N1CCOCC1)C1(Cl)[CH]C=CC=C1. The van der Waals surface area contributed by atoms with E-state index in [2.05, 4.69) is 24.3 Å². The Bertz CT molecular complexity index is 271. The highest BCUT2D eigenvalue weighted by Gasteiger charge is 2.35. The monoisotopic (exact) mass is 226 g/mol. The van der Waals surface area contributed by atoms with E-state index in [9.17, 15) is 0 Å². The van der Waals surface area contributed by atoms with Crippen LogP contribution in [0.25, 0.3) is 0 Å². The molecule has 2 unspecified atom stereocenters. The molecule has 0 bridgehead atoms. The summed E-state index contributed by atoms with van der Waals surface area (Å²) < 4.78 is 5.34. The molecule has 15 heavy (non-hydrogen) atoms. The first-order valence-corrected chi connectivity index (χ1v) is 5.81. The van der Waals surface area contributed by atoms with Gasteiger partial charge in [-0.3, -0.25) is 4.90 Å². The molecule has 1 aliphatic carbocycles. The maximum atomic E-state index is 6.58. The Kier molecular flexibility index (Phi) is 3.49. The standard InChI is InChI=1S/C12H17ClNO/c1-11(14-7-9-15-10-8-14)12(13)5-3-2-4-6-12/h2-6,11H,7-10H2,1H3. The topological polar surface area (TPSA) is 12.5 Å². The first-order chi connectivity index (χ1) is 7.22. The van der Waals surface area contributed by atoms with Gasteiger partial charge in [-0.25, -0.2) is 0 Å². The molecule has 0 spiro atoms. The summed E-state index contributed by atoms with van der Waals surface area (Å²) in [6, 6.07) is 0.310. The number of alkyl halides is 1. The molecule has 3 heteroatoms. The lowest BCUT2D eigenvalue weighted by Crippen LogP contribution is -2.51. The van der Waals surface area contributed by atoms with Gasteiger partial charge < -0.3 is 4.74 Å². The van der Waals surface area contributed by atoms with E-state index in [1.165, 1.54) is 0 Å². The Morgan fingerprint density at radius 3 is 2.60 bits per heavy atom. The molecule has 0 aromatic carbocycles. The van der Waals surface area contributed by atoms with E-state index in [1.807, 2.05) is 18.2 Å². The summed E-state index contributed by atoms with van der Waals surface area (Å²) in [6.07, 6.45) is 10.2. The average Bonchev–Trinajstić information content (AvgIpc) is 2.30. The molecule has 1 heterocycles. The van der Waals surface area contributed by atoms with E-state index in [1.54, 1.807) is 0 Å². The Morgan fingerprint density at radius 2 is 2.00 bits per heavy atom. The number of halogens is 1. The van der Waals surface area contributed by atoms with Crippen LogP contribution in [0.2, 0.25) is 0 Å². The van der Waals surface area contributed by atoms with Gasteiger partial charge in [0.1, 0.15) is 0 Å². The quantitative estimate of drug-likeness (QED) is 0.668. The molecule has 1 radical (unpaired) electrons. The van der Waals surface area contributed by atoms with Crippen molar-refractivity contribution in [2.75, 3.05) is 26.3 Å². The van der Waals surface area contributed by atoms with Gasteiger partial charge in [-0.15, -0.1) is 11.6 Å². The van der Waals surface area contributed by atoms with Gasteiger partial charge in [-0.05, 0) is 6.92 Å². The minimum absolute atomic E-state index is 0.310. The lowest BCUT2D eigenvalue weighted by Gasteiger charge is -2.40. The predicted molar refractivity (Wildman–Crippen MR) is 63.0 cm³/mol. The van der Waals surface area contributed by atoms with E-state index in [0.29, 0.717) is 6.04 Å². The van der Waals surface area contributed by atoms with Crippen LogP contribution in [0.3, 0.4) is 0 Å². The maximum Gasteiger partial charge on any atom is 0.0849 e. The number of nitrogens with zero attached hydrogens (tertiary/aromatic N) is 1. The van der Waals surface area contributed by atoms with Gasteiger partial charge in [-0.1, -0.05) is 24.3 Å². The van der Waals surface area contributed by atoms with Crippen molar-refractivity contribution >= 4 is 11.6 Å². The summed E-state index contributed by atoms with van der Waals surface area (Å²) in [4.78, 5) is 2.03. The molecule has 2 nitrogen and oxygen atoms in total. The molecule has 0 saturated carbocycles. The number of ether oxygens (including phenoxy) is 1. The number of rotatable bonds is 2. The van der Waals surface area contributed by atoms with Crippen molar-refractivity contribution in [3.05, 3.63) is 30.7 Å². The van der Waals surface area contributed by atoms with E-state index >= 15 is 0 Å². The second-order valence-corrected chi connectivity index (χ2v) is 4.72. The van der Waals surface area contributed by atoms with Crippen LogP contribution < -0.4 is 0 Å². The molecule has 2 aliphatic rings. The molecule has 2 rings (SSSR count). The largest absolute Gasteiger partial charge is 0.379 e. The minimum atomic E-state index is -0.355. The molecule has 1 aliphatic heterocycles. The highest BCUT2D eigenvalue weighted by Crippen LogP contribution is 2.31. The normalized spacial score (nSPS) is 34.3. The molecular weight excluding hydrogens is 210 g/mol. The molecule has 0 amide bonds. The van der Waals surface area contributed by atoms with E-state index in [-0.39, 0.29) is 4.87 Å². The van der Waals surface area contributed by atoms with Crippen molar-refractivity contribution in [2.24, 2.45) is 0 Å². The third-order valence-corrected chi connectivity index (χ3v) is 3.73.